The molecule has 22 heavy (non-hydrogen) atoms. The highest BCUT2D eigenvalue weighted by atomic mass is 16.7. The highest BCUT2D eigenvalue weighted by Gasteiger charge is 2.13. The predicted molar refractivity (Wildman–Crippen MR) is 86.2 cm³/mol. The summed E-state index contributed by atoms with van der Waals surface area (Å²) in [6, 6.07) is 6.51. The molecule has 1 aromatic rings. The van der Waals surface area contributed by atoms with Crippen LogP contribution in [0.25, 0.3) is 0 Å². The van der Waals surface area contributed by atoms with Gasteiger partial charge in [-0.15, -0.1) is 0 Å². The van der Waals surface area contributed by atoms with E-state index in [0.29, 0.717) is 19.4 Å². The zero-order valence-electron chi connectivity index (χ0n) is 13.6. The number of carbonyl (C=O) groups excluding carboxylic acids is 1. The molecule has 1 aliphatic rings. The van der Waals surface area contributed by atoms with Gasteiger partial charge in [0.15, 0.2) is 11.5 Å². The number of benzene rings is 1. The molecular weight excluding hydrogens is 280 g/mol. The molecule has 5 nitrogen and oxygen atoms in total. The number of amides is 1. The van der Waals surface area contributed by atoms with Crippen molar-refractivity contribution in [2.24, 2.45) is 5.92 Å². The minimum atomic E-state index is 0.0448. The minimum Gasteiger partial charge on any atom is -0.454 e. The van der Waals surface area contributed by atoms with E-state index >= 15 is 0 Å². The molecule has 1 aromatic carbocycles. The third-order valence-electron chi connectivity index (χ3n) is 3.74. The van der Waals surface area contributed by atoms with Crippen molar-refractivity contribution in [2.45, 2.75) is 39.7 Å². The Kier molecular flexibility index (Phi) is 6.07. The number of carbonyl (C=O) groups is 1. The van der Waals surface area contributed by atoms with Crippen LogP contribution in [0.2, 0.25) is 0 Å². The molecule has 0 saturated heterocycles. The molecule has 1 heterocycles. The van der Waals surface area contributed by atoms with Gasteiger partial charge in [-0.2, -0.15) is 0 Å². The highest BCUT2D eigenvalue weighted by molar-refractivity contribution is 5.77. The predicted octanol–water partition coefficient (Wildman–Crippen LogP) is 2.10. The first-order chi connectivity index (χ1) is 10.6. The topological polar surface area (TPSA) is 59.6 Å². The largest absolute Gasteiger partial charge is 0.454 e. The van der Waals surface area contributed by atoms with Gasteiger partial charge in [0.25, 0.3) is 0 Å². The van der Waals surface area contributed by atoms with Crippen molar-refractivity contribution in [3.63, 3.8) is 0 Å². The van der Waals surface area contributed by atoms with Crippen molar-refractivity contribution < 1.29 is 14.3 Å². The molecule has 0 bridgehead atoms. The molecule has 1 aliphatic heterocycles. The number of ether oxygens (including phenoxy) is 2. The molecule has 122 valence electrons. The van der Waals surface area contributed by atoms with Gasteiger partial charge in [-0.25, -0.2) is 0 Å². The quantitative estimate of drug-likeness (QED) is 0.722. The lowest BCUT2D eigenvalue weighted by Crippen LogP contribution is -2.37. The van der Waals surface area contributed by atoms with Gasteiger partial charge in [0.1, 0.15) is 0 Å². The lowest BCUT2D eigenvalue weighted by atomic mass is 10.1. The van der Waals surface area contributed by atoms with Crippen LogP contribution >= 0.6 is 0 Å². The summed E-state index contributed by atoms with van der Waals surface area (Å²) in [6.07, 6.45) is 2.03. The van der Waals surface area contributed by atoms with Crippen LogP contribution in [-0.4, -0.2) is 31.8 Å². The number of aryl methyl sites for hydroxylation is 1. The van der Waals surface area contributed by atoms with E-state index in [-0.39, 0.29) is 11.8 Å². The van der Waals surface area contributed by atoms with Crippen LogP contribution in [0, 0.1) is 5.92 Å². The van der Waals surface area contributed by atoms with Gasteiger partial charge < -0.3 is 20.1 Å². The molecule has 0 fully saturated rings. The SMILES string of the molecule is CC(CCc1ccc2c(c1)OCO2)NCCNC(=O)C(C)C. The average Bonchev–Trinajstić information content (AvgIpc) is 2.96. The normalized spacial score (nSPS) is 14.2. The van der Waals surface area contributed by atoms with Crippen LogP contribution in [0.5, 0.6) is 11.5 Å². The zero-order chi connectivity index (χ0) is 15.9. The summed E-state index contributed by atoms with van der Waals surface area (Å²) in [6.45, 7) is 7.75. The fourth-order valence-electron chi connectivity index (χ4n) is 2.29. The fourth-order valence-corrected chi connectivity index (χ4v) is 2.29. The van der Waals surface area contributed by atoms with Crippen molar-refractivity contribution in [3.05, 3.63) is 23.8 Å². The van der Waals surface area contributed by atoms with E-state index in [4.69, 9.17) is 9.47 Å². The van der Waals surface area contributed by atoms with Crippen LogP contribution in [0.4, 0.5) is 0 Å². The maximum Gasteiger partial charge on any atom is 0.231 e. The summed E-state index contributed by atoms with van der Waals surface area (Å²) < 4.78 is 10.7. The van der Waals surface area contributed by atoms with Crippen molar-refractivity contribution in [3.8, 4) is 11.5 Å². The van der Waals surface area contributed by atoms with E-state index in [0.717, 1.165) is 30.9 Å². The average molecular weight is 306 g/mol. The molecule has 0 aromatic heterocycles. The van der Waals surface area contributed by atoms with Gasteiger partial charge in [-0.1, -0.05) is 19.9 Å². The van der Waals surface area contributed by atoms with Gasteiger partial charge >= 0.3 is 0 Å². The Morgan fingerprint density at radius 1 is 1.18 bits per heavy atom. The third-order valence-corrected chi connectivity index (χ3v) is 3.74. The Hall–Kier alpha value is -1.75. The van der Waals surface area contributed by atoms with E-state index in [1.807, 2.05) is 19.9 Å². The summed E-state index contributed by atoms with van der Waals surface area (Å²) in [5.74, 6) is 1.82. The second kappa shape index (κ2) is 8.03. The lowest BCUT2D eigenvalue weighted by Gasteiger charge is -2.15. The number of hydrogen-bond donors (Lipinski definition) is 2. The van der Waals surface area contributed by atoms with Crippen LogP contribution in [-0.2, 0) is 11.2 Å². The Bertz CT molecular complexity index is 503. The van der Waals surface area contributed by atoms with E-state index in [1.54, 1.807) is 0 Å². The summed E-state index contributed by atoms with van der Waals surface area (Å²) in [7, 11) is 0. The standard InChI is InChI=1S/C17H26N2O3/c1-12(2)17(20)19-9-8-18-13(3)4-5-14-6-7-15-16(10-14)22-11-21-15/h6-7,10,12-13,18H,4-5,8-9,11H2,1-3H3,(H,19,20). The summed E-state index contributed by atoms with van der Waals surface area (Å²) >= 11 is 0. The molecule has 1 amide bonds. The van der Waals surface area contributed by atoms with Crippen LogP contribution in [0.1, 0.15) is 32.8 Å². The van der Waals surface area contributed by atoms with Crippen LogP contribution < -0.4 is 20.1 Å². The Balaban J connectivity index is 1.63. The number of fused-ring (bicyclic) bond motifs is 1. The molecule has 1 unspecified atom stereocenters. The minimum absolute atomic E-state index is 0.0448. The fraction of sp³-hybridized carbons (Fsp3) is 0.588. The second-order valence-corrected chi connectivity index (χ2v) is 6.03. The molecule has 1 atom stereocenters. The molecular formula is C17H26N2O3. The summed E-state index contributed by atoms with van der Waals surface area (Å²) in [5.41, 5.74) is 1.26. The highest BCUT2D eigenvalue weighted by Crippen LogP contribution is 2.32. The first-order valence-corrected chi connectivity index (χ1v) is 7.96. The number of rotatable bonds is 8. The molecule has 0 aliphatic carbocycles. The van der Waals surface area contributed by atoms with Gasteiger partial charge in [0.05, 0.1) is 0 Å². The van der Waals surface area contributed by atoms with Crippen molar-refractivity contribution in [2.75, 3.05) is 19.9 Å². The van der Waals surface area contributed by atoms with Crippen molar-refractivity contribution in [1.29, 1.82) is 0 Å². The Morgan fingerprint density at radius 3 is 2.73 bits per heavy atom. The van der Waals surface area contributed by atoms with Crippen molar-refractivity contribution in [1.82, 2.24) is 10.6 Å². The molecule has 5 heteroatoms. The smallest absolute Gasteiger partial charge is 0.231 e. The van der Waals surface area contributed by atoms with Gasteiger partial charge in [-0.3, -0.25) is 4.79 Å². The number of hydrogen-bond acceptors (Lipinski definition) is 4. The monoisotopic (exact) mass is 306 g/mol. The van der Waals surface area contributed by atoms with E-state index in [1.165, 1.54) is 5.56 Å². The second-order valence-electron chi connectivity index (χ2n) is 6.03. The molecule has 2 N–H and O–H groups in total. The lowest BCUT2D eigenvalue weighted by molar-refractivity contribution is -0.123. The third kappa shape index (κ3) is 4.91. The van der Waals surface area contributed by atoms with Gasteiger partial charge in [0, 0.05) is 25.0 Å². The number of nitrogens with one attached hydrogen (secondary N) is 2. The molecule has 2 rings (SSSR count). The maximum absolute atomic E-state index is 11.4. The summed E-state index contributed by atoms with van der Waals surface area (Å²) in [5, 5.41) is 6.34. The van der Waals surface area contributed by atoms with E-state index in [9.17, 15) is 4.79 Å². The maximum atomic E-state index is 11.4. The Labute approximate surface area is 132 Å². The molecule has 0 spiro atoms. The molecule has 0 saturated carbocycles. The van der Waals surface area contributed by atoms with Crippen molar-refractivity contribution >= 4 is 5.91 Å². The van der Waals surface area contributed by atoms with Gasteiger partial charge in [-0.05, 0) is 37.5 Å². The zero-order valence-corrected chi connectivity index (χ0v) is 13.6. The Morgan fingerprint density at radius 2 is 1.95 bits per heavy atom. The van der Waals surface area contributed by atoms with E-state index in [2.05, 4.69) is 29.7 Å². The van der Waals surface area contributed by atoms with E-state index < -0.39 is 0 Å². The van der Waals surface area contributed by atoms with Crippen LogP contribution in [0.15, 0.2) is 18.2 Å². The molecule has 0 radical (unpaired) electrons. The first kappa shape index (κ1) is 16.6. The first-order valence-electron chi connectivity index (χ1n) is 7.96. The van der Waals surface area contributed by atoms with Gasteiger partial charge in [0.2, 0.25) is 12.7 Å². The van der Waals surface area contributed by atoms with Crippen LogP contribution in [0.3, 0.4) is 0 Å². The summed E-state index contributed by atoms with van der Waals surface area (Å²) in [4.78, 5) is 11.4.